The van der Waals surface area contributed by atoms with Gasteiger partial charge in [-0.15, -0.1) is 0 Å². The van der Waals surface area contributed by atoms with Gasteiger partial charge in [0.15, 0.2) is 5.69 Å². The van der Waals surface area contributed by atoms with Crippen molar-refractivity contribution in [1.29, 1.82) is 0 Å². The summed E-state index contributed by atoms with van der Waals surface area (Å²) in [5, 5.41) is 0. The van der Waals surface area contributed by atoms with Gasteiger partial charge in [-0.2, -0.15) is 0 Å². The predicted molar refractivity (Wildman–Crippen MR) is 74.2 cm³/mol. The third-order valence-electron chi connectivity index (χ3n) is 3.05. The van der Waals surface area contributed by atoms with Crippen molar-refractivity contribution in [3.05, 3.63) is 66.7 Å². The Morgan fingerprint density at radius 2 is 1.28 bits per heavy atom. The van der Waals surface area contributed by atoms with Crippen LogP contribution in [-0.2, 0) is 0 Å². The minimum Gasteiger partial charge on any atom is -0.349 e. The van der Waals surface area contributed by atoms with E-state index in [-0.39, 0.29) is 0 Å². The van der Waals surface area contributed by atoms with Crippen LogP contribution in [0.3, 0.4) is 0 Å². The van der Waals surface area contributed by atoms with Gasteiger partial charge in [0.25, 0.3) is 0 Å². The molecule has 0 aliphatic heterocycles. The summed E-state index contributed by atoms with van der Waals surface area (Å²) in [6.45, 7) is 0. The zero-order chi connectivity index (χ0) is 12.4. The molecule has 0 atom stereocenters. The van der Waals surface area contributed by atoms with E-state index in [0.717, 1.165) is 17.1 Å². The summed E-state index contributed by atoms with van der Waals surface area (Å²) in [5.74, 6) is 0. The first-order valence-electron chi connectivity index (χ1n) is 6.00. The molecule has 0 aliphatic rings. The Labute approximate surface area is 106 Å². The molecule has 1 heterocycles. The molecule has 0 aliphatic carbocycles. The molecular weight excluding hydrogens is 220 g/mol. The van der Waals surface area contributed by atoms with Crippen LogP contribution >= 0.6 is 0 Å². The van der Waals surface area contributed by atoms with Crippen molar-refractivity contribution >= 4 is 5.69 Å². The smallest absolute Gasteiger partial charge is 0.154 e. The van der Waals surface area contributed by atoms with Crippen molar-refractivity contribution in [3.63, 3.8) is 0 Å². The molecule has 0 spiro atoms. The lowest BCUT2D eigenvalue weighted by molar-refractivity contribution is -0.253. The maximum atomic E-state index is 4.11. The van der Waals surface area contributed by atoms with Crippen LogP contribution in [0.1, 0.15) is 0 Å². The van der Waals surface area contributed by atoms with Crippen LogP contribution in [0, 0.1) is 0 Å². The monoisotopic (exact) mass is 235 g/mol. The van der Waals surface area contributed by atoms with Crippen molar-refractivity contribution in [2.24, 2.45) is 0 Å². The van der Waals surface area contributed by atoms with E-state index in [9.17, 15) is 0 Å². The van der Waals surface area contributed by atoms with Gasteiger partial charge in [0.2, 0.25) is 0 Å². The van der Waals surface area contributed by atoms with Crippen molar-refractivity contribution in [2.45, 2.75) is 0 Å². The van der Waals surface area contributed by atoms with Gasteiger partial charge >= 0.3 is 0 Å². The maximum absolute atomic E-state index is 4.11. The Balaban J connectivity index is 2.07. The molecule has 88 valence electrons. The van der Waals surface area contributed by atoms with Crippen LogP contribution in [0.5, 0.6) is 0 Å². The Morgan fingerprint density at radius 1 is 0.722 bits per heavy atom. The standard InChI is InChI=1S/C16H14N2/c17-14-11-15(12-7-3-1-4-8-12)18-16(14)13-9-5-2-6-10-13/h1-11,18H,17H2/p+1. The van der Waals surface area contributed by atoms with Gasteiger partial charge in [0.1, 0.15) is 5.69 Å². The second-order valence-electron chi connectivity index (χ2n) is 4.32. The van der Waals surface area contributed by atoms with Gasteiger partial charge < -0.3 is 10.7 Å². The van der Waals surface area contributed by atoms with E-state index in [1.807, 2.05) is 36.4 Å². The molecule has 0 radical (unpaired) electrons. The fraction of sp³-hybridized carbons (Fsp3) is 0. The average Bonchev–Trinajstić information content (AvgIpc) is 2.83. The first kappa shape index (κ1) is 10.8. The fourth-order valence-corrected chi connectivity index (χ4v) is 2.13. The fourth-order valence-electron chi connectivity index (χ4n) is 2.13. The summed E-state index contributed by atoms with van der Waals surface area (Å²) >= 11 is 0. The van der Waals surface area contributed by atoms with E-state index >= 15 is 0 Å². The molecule has 3 aromatic rings. The Morgan fingerprint density at radius 3 is 1.89 bits per heavy atom. The number of hydrogen-bond donors (Lipinski definition) is 2. The Kier molecular flexibility index (Phi) is 2.71. The largest absolute Gasteiger partial charge is 0.349 e. The number of aromatic amines is 1. The summed E-state index contributed by atoms with van der Waals surface area (Å²) in [6, 6.07) is 22.7. The van der Waals surface area contributed by atoms with Gasteiger partial charge in [0, 0.05) is 11.6 Å². The summed E-state index contributed by atoms with van der Waals surface area (Å²) in [5.41, 5.74) is 9.70. The maximum Gasteiger partial charge on any atom is 0.154 e. The number of aromatic nitrogens is 1. The van der Waals surface area contributed by atoms with Gasteiger partial charge in [0.05, 0.1) is 5.69 Å². The van der Waals surface area contributed by atoms with Crippen LogP contribution in [0.25, 0.3) is 22.5 Å². The summed E-state index contributed by atoms with van der Waals surface area (Å²) in [6.07, 6.45) is 0. The second-order valence-corrected chi connectivity index (χ2v) is 4.32. The highest BCUT2D eigenvalue weighted by atomic mass is 14.8. The molecule has 2 heteroatoms. The molecule has 0 saturated carbocycles. The molecular formula is C16H15N2+. The van der Waals surface area contributed by atoms with E-state index in [1.54, 1.807) is 0 Å². The van der Waals surface area contributed by atoms with Crippen LogP contribution in [-0.4, -0.2) is 4.98 Å². The summed E-state index contributed by atoms with van der Waals surface area (Å²) < 4.78 is 0. The molecule has 4 N–H and O–H groups in total. The lowest BCUT2D eigenvalue weighted by Gasteiger charge is -1.98. The third-order valence-corrected chi connectivity index (χ3v) is 3.05. The molecule has 18 heavy (non-hydrogen) atoms. The molecule has 2 aromatic carbocycles. The number of benzene rings is 2. The second kappa shape index (κ2) is 4.51. The van der Waals surface area contributed by atoms with Gasteiger partial charge in [-0.25, -0.2) is 0 Å². The van der Waals surface area contributed by atoms with Crippen molar-refractivity contribution < 1.29 is 5.73 Å². The number of hydrogen-bond acceptors (Lipinski definition) is 0. The first-order chi connectivity index (χ1) is 8.84. The topological polar surface area (TPSA) is 43.4 Å². The minimum atomic E-state index is 1.03. The number of H-pyrrole nitrogens is 1. The number of quaternary nitrogens is 1. The predicted octanol–water partition coefficient (Wildman–Crippen LogP) is 3.22. The van der Waals surface area contributed by atoms with Gasteiger partial charge in [-0.05, 0) is 5.56 Å². The van der Waals surface area contributed by atoms with Crippen LogP contribution < -0.4 is 5.73 Å². The minimum absolute atomic E-state index is 1.03. The molecule has 0 amide bonds. The van der Waals surface area contributed by atoms with E-state index in [1.165, 1.54) is 11.1 Å². The number of rotatable bonds is 2. The normalized spacial score (nSPS) is 10.5. The molecule has 2 nitrogen and oxygen atoms in total. The van der Waals surface area contributed by atoms with Crippen LogP contribution in [0.2, 0.25) is 0 Å². The van der Waals surface area contributed by atoms with Crippen molar-refractivity contribution in [1.82, 2.24) is 4.98 Å². The SMILES string of the molecule is [NH3+]c1cc(-c2ccccc2)[nH]c1-c1ccccc1. The highest BCUT2D eigenvalue weighted by Crippen LogP contribution is 2.29. The van der Waals surface area contributed by atoms with E-state index in [0.29, 0.717) is 0 Å². The lowest BCUT2D eigenvalue weighted by atomic mass is 10.1. The summed E-state index contributed by atoms with van der Waals surface area (Å²) in [4.78, 5) is 3.45. The highest BCUT2D eigenvalue weighted by Gasteiger charge is 2.10. The molecule has 3 rings (SSSR count). The zero-order valence-corrected chi connectivity index (χ0v) is 10.1. The summed E-state index contributed by atoms with van der Waals surface area (Å²) in [7, 11) is 0. The third kappa shape index (κ3) is 1.94. The van der Waals surface area contributed by atoms with Crippen molar-refractivity contribution in [2.75, 3.05) is 0 Å². The first-order valence-corrected chi connectivity index (χ1v) is 6.00. The highest BCUT2D eigenvalue weighted by molar-refractivity contribution is 5.76. The quantitative estimate of drug-likeness (QED) is 0.685. The lowest BCUT2D eigenvalue weighted by Crippen LogP contribution is -2.40. The van der Waals surface area contributed by atoms with Gasteiger partial charge in [-0.3, -0.25) is 0 Å². The van der Waals surface area contributed by atoms with Gasteiger partial charge in [-0.1, -0.05) is 60.7 Å². The molecule has 0 bridgehead atoms. The Hall–Kier alpha value is -2.32. The average molecular weight is 235 g/mol. The molecule has 1 aromatic heterocycles. The zero-order valence-electron chi connectivity index (χ0n) is 10.1. The van der Waals surface area contributed by atoms with E-state index in [4.69, 9.17) is 0 Å². The van der Waals surface area contributed by atoms with Crippen molar-refractivity contribution in [3.8, 4) is 22.5 Å². The Bertz CT molecular complexity index is 639. The van der Waals surface area contributed by atoms with Crippen LogP contribution in [0.4, 0.5) is 5.69 Å². The molecule has 0 unspecified atom stereocenters. The van der Waals surface area contributed by atoms with Crippen LogP contribution in [0.15, 0.2) is 66.7 Å². The van der Waals surface area contributed by atoms with E-state index in [2.05, 4.69) is 41.0 Å². The molecule has 0 saturated heterocycles. The molecule has 0 fully saturated rings. The number of nitrogens with one attached hydrogen (secondary N) is 1. The van der Waals surface area contributed by atoms with E-state index < -0.39 is 0 Å².